The molecule has 2 rings (SSSR count). The Morgan fingerprint density at radius 1 is 1.45 bits per heavy atom. The third kappa shape index (κ3) is 4.54. The molecule has 0 aliphatic heterocycles. The zero-order valence-corrected chi connectivity index (χ0v) is 13.9. The maximum Gasteiger partial charge on any atom is 0.319 e. The first-order valence-electron chi connectivity index (χ1n) is 7.23. The van der Waals surface area contributed by atoms with Crippen LogP contribution in [0.1, 0.15) is 35.4 Å². The number of aryl methyl sites for hydroxylation is 1. The second kappa shape index (κ2) is 7.91. The summed E-state index contributed by atoms with van der Waals surface area (Å²) in [6.07, 6.45) is 2.82. The minimum absolute atomic E-state index is 0.00686. The first-order valence-corrected chi connectivity index (χ1v) is 8.05. The number of amides is 2. The Hall–Kier alpha value is -1.92. The van der Waals surface area contributed by atoms with Gasteiger partial charge in [0.25, 0.3) is 0 Å². The van der Waals surface area contributed by atoms with Gasteiger partial charge in [-0.15, -0.1) is 11.3 Å². The van der Waals surface area contributed by atoms with Crippen molar-refractivity contribution in [2.24, 2.45) is 0 Å². The molecular formula is C16H21N3O2S. The van der Waals surface area contributed by atoms with Crippen LogP contribution in [0.2, 0.25) is 0 Å². The zero-order chi connectivity index (χ0) is 15.9. The predicted octanol–water partition coefficient (Wildman–Crippen LogP) is 3.73. The Morgan fingerprint density at radius 2 is 2.27 bits per heavy atom. The molecule has 5 nitrogen and oxygen atoms in total. The highest BCUT2D eigenvalue weighted by atomic mass is 32.1. The smallest absolute Gasteiger partial charge is 0.319 e. The van der Waals surface area contributed by atoms with Crippen molar-refractivity contribution >= 4 is 23.1 Å². The number of methoxy groups -OCH3 is 1. The molecule has 0 saturated heterocycles. The van der Waals surface area contributed by atoms with Gasteiger partial charge < -0.3 is 15.4 Å². The van der Waals surface area contributed by atoms with Gasteiger partial charge in [-0.1, -0.05) is 19.1 Å². The van der Waals surface area contributed by atoms with Gasteiger partial charge >= 0.3 is 6.03 Å². The SMILES string of the molecule is CCc1cnc(CNC(=O)Nc2cccc([C@H](C)OC)c2)s1. The van der Waals surface area contributed by atoms with Crippen molar-refractivity contribution in [2.45, 2.75) is 32.9 Å². The van der Waals surface area contributed by atoms with Gasteiger partial charge in [-0.05, 0) is 31.0 Å². The lowest BCUT2D eigenvalue weighted by atomic mass is 10.1. The molecule has 1 aromatic carbocycles. The lowest BCUT2D eigenvalue weighted by Crippen LogP contribution is -2.28. The molecule has 22 heavy (non-hydrogen) atoms. The summed E-state index contributed by atoms with van der Waals surface area (Å²) in [7, 11) is 1.66. The number of benzene rings is 1. The van der Waals surface area contributed by atoms with Crippen molar-refractivity contribution in [3.05, 3.63) is 45.9 Å². The molecule has 118 valence electrons. The number of hydrogen-bond acceptors (Lipinski definition) is 4. The summed E-state index contributed by atoms with van der Waals surface area (Å²) in [5.74, 6) is 0. The molecule has 0 aliphatic rings. The number of nitrogens with one attached hydrogen (secondary N) is 2. The van der Waals surface area contributed by atoms with Crippen LogP contribution in [0.3, 0.4) is 0 Å². The largest absolute Gasteiger partial charge is 0.377 e. The van der Waals surface area contributed by atoms with Crippen molar-refractivity contribution < 1.29 is 9.53 Å². The van der Waals surface area contributed by atoms with E-state index in [9.17, 15) is 4.79 Å². The van der Waals surface area contributed by atoms with E-state index in [1.54, 1.807) is 18.4 Å². The highest BCUT2D eigenvalue weighted by Gasteiger charge is 2.07. The van der Waals surface area contributed by atoms with E-state index in [0.717, 1.165) is 22.7 Å². The fourth-order valence-electron chi connectivity index (χ4n) is 1.93. The molecule has 0 bridgehead atoms. The number of carbonyl (C=O) groups excluding carboxylic acids is 1. The van der Waals surface area contributed by atoms with Crippen molar-refractivity contribution in [3.63, 3.8) is 0 Å². The average molecular weight is 319 g/mol. The lowest BCUT2D eigenvalue weighted by Gasteiger charge is -2.12. The van der Waals surface area contributed by atoms with Gasteiger partial charge in [0.15, 0.2) is 0 Å². The summed E-state index contributed by atoms with van der Waals surface area (Å²) in [6.45, 7) is 4.49. The number of hydrogen-bond donors (Lipinski definition) is 2. The molecule has 2 amide bonds. The number of nitrogens with zero attached hydrogens (tertiary/aromatic N) is 1. The molecule has 0 spiro atoms. The number of ether oxygens (including phenoxy) is 1. The van der Waals surface area contributed by atoms with E-state index < -0.39 is 0 Å². The van der Waals surface area contributed by atoms with Gasteiger partial charge in [0.2, 0.25) is 0 Å². The zero-order valence-electron chi connectivity index (χ0n) is 13.1. The van der Waals surface area contributed by atoms with E-state index in [0.29, 0.717) is 6.54 Å². The van der Waals surface area contributed by atoms with Crippen molar-refractivity contribution in [1.29, 1.82) is 0 Å². The normalized spacial score (nSPS) is 12.0. The van der Waals surface area contributed by atoms with E-state index in [1.807, 2.05) is 37.4 Å². The van der Waals surface area contributed by atoms with Crippen LogP contribution >= 0.6 is 11.3 Å². The Kier molecular flexibility index (Phi) is 5.91. The molecule has 2 aromatic rings. The standard InChI is InChI=1S/C16H21N3O2S/c1-4-14-9-17-15(22-14)10-18-16(20)19-13-7-5-6-12(8-13)11(2)21-3/h5-9,11H,4,10H2,1-3H3,(H2,18,19,20)/t11-/m0/s1. The van der Waals surface area contributed by atoms with E-state index in [2.05, 4.69) is 22.5 Å². The van der Waals surface area contributed by atoms with Crippen molar-refractivity contribution in [3.8, 4) is 0 Å². The maximum atomic E-state index is 11.9. The third-order valence-corrected chi connectivity index (χ3v) is 4.46. The van der Waals surface area contributed by atoms with Crippen LogP contribution in [0, 0.1) is 0 Å². The average Bonchev–Trinajstić information content (AvgIpc) is 3.00. The molecule has 1 aromatic heterocycles. The maximum absolute atomic E-state index is 11.9. The monoisotopic (exact) mass is 319 g/mol. The Balaban J connectivity index is 1.89. The Labute approximate surface area is 134 Å². The van der Waals surface area contributed by atoms with Gasteiger partial charge in [0, 0.05) is 23.9 Å². The van der Waals surface area contributed by atoms with Crippen LogP contribution in [0.15, 0.2) is 30.5 Å². The minimum atomic E-state index is -0.240. The van der Waals surface area contributed by atoms with Crippen LogP contribution in [-0.2, 0) is 17.7 Å². The molecule has 0 fully saturated rings. The highest BCUT2D eigenvalue weighted by molar-refractivity contribution is 7.11. The molecule has 2 N–H and O–H groups in total. The predicted molar refractivity (Wildman–Crippen MR) is 89.2 cm³/mol. The Bertz CT molecular complexity index is 627. The summed E-state index contributed by atoms with van der Waals surface area (Å²) >= 11 is 1.62. The van der Waals surface area contributed by atoms with Gasteiger partial charge in [-0.3, -0.25) is 0 Å². The number of carbonyl (C=O) groups is 1. The fraction of sp³-hybridized carbons (Fsp3) is 0.375. The Morgan fingerprint density at radius 3 is 2.95 bits per heavy atom. The second-order valence-corrected chi connectivity index (χ2v) is 6.08. The number of anilines is 1. The van der Waals surface area contributed by atoms with Gasteiger partial charge in [-0.2, -0.15) is 0 Å². The molecule has 0 aliphatic carbocycles. The van der Waals surface area contributed by atoms with Gasteiger partial charge in [0.1, 0.15) is 5.01 Å². The van der Waals surface area contributed by atoms with Crippen molar-refractivity contribution in [2.75, 3.05) is 12.4 Å². The fourth-order valence-corrected chi connectivity index (χ4v) is 2.73. The second-order valence-electron chi connectivity index (χ2n) is 4.88. The molecule has 6 heteroatoms. The van der Waals surface area contributed by atoms with Gasteiger partial charge in [-0.25, -0.2) is 9.78 Å². The molecular weight excluding hydrogens is 298 g/mol. The van der Waals surface area contributed by atoms with E-state index in [4.69, 9.17) is 4.74 Å². The number of urea groups is 1. The van der Waals surface area contributed by atoms with Crippen LogP contribution in [0.5, 0.6) is 0 Å². The summed E-state index contributed by atoms with van der Waals surface area (Å²) in [6, 6.07) is 7.39. The quantitative estimate of drug-likeness (QED) is 0.852. The number of aromatic nitrogens is 1. The minimum Gasteiger partial charge on any atom is -0.377 e. The van der Waals surface area contributed by atoms with E-state index in [-0.39, 0.29) is 12.1 Å². The molecule has 1 heterocycles. The van der Waals surface area contributed by atoms with E-state index in [1.165, 1.54) is 4.88 Å². The first kappa shape index (κ1) is 16.5. The van der Waals surface area contributed by atoms with Crippen LogP contribution < -0.4 is 10.6 Å². The summed E-state index contributed by atoms with van der Waals surface area (Å²) in [4.78, 5) is 17.4. The first-order chi connectivity index (χ1) is 10.6. The summed E-state index contributed by atoms with van der Waals surface area (Å²) in [5.41, 5.74) is 1.76. The van der Waals surface area contributed by atoms with E-state index >= 15 is 0 Å². The third-order valence-electron chi connectivity index (χ3n) is 3.32. The molecule has 1 atom stereocenters. The summed E-state index contributed by atoms with van der Waals surface area (Å²) in [5, 5.41) is 6.55. The van der Waals surface area contributed by atoms with Crippen LogP contribution in [0.4, 0.5) is 10.5 Å². The lowest BCUT2D eigenvalue weighted by molar-refractivity contribution is 0.119. The van der Waals surface area contributed by atoms with Crippen molar-refractivity contribution in [1.82, 2.24) is 10.3 Å². The highest BCUT2D eigenvalue weighted by Crippen LogP contribution is 2.19. The number of thiazole rings is 1. The van der Waals surface area contributed by atoms with Crippen LogP contribution in [0.25, 0.3) is 0 Å². The van der Waals surface area contributed by atoms with Crippen LogP contribution in [-0.4, -0.2) is 18.1 Å². The number of rotatable bonds is 6. The van der Waals surface area contributed by atoms with Gasteiger partial charge in [0.05, 0.1) is 12.6 Å². The topological polar surface area (TPSA) is 63.2 Å². The molecule has 0 radical (unpaired) electrons. The summed E-state index contributed by atoms with van der Waals surface area (Å²) < 4.78 is 5.28. The molecule has 0 unspecified atom stereocenters. The molecule has 0 saturated carbocycles.